The Labute approximate surface area is 119 Å². The summed E-state index contributed by atoms with van der Waals surface area (Å²) in [4.78, 5) is 11.9. The van der Waals surface area contributed by atoms with Crippen molar-refractivity contribution in [3.63, 3.8) is 0 Å². The first-order valence-corrected chi connectivity index (χ1v) is 7.96. The van der Waals surface area contributed by atoms with E-state index in [1.54, 1.807) is 13.8 Å². The number of amides is 1. The van der Waals surface area contributed by atoms with Crippen molar-refractivity contribution in [2.45, 2.75) is 32.1 Å². The summed E-state index contributed by atoms with van der Waals surface area (Å²) in [7, 11) is -2.48. The molecule has 0 radical (unpaired) electrons. The third kappa shape index (κ3) is 2.80. The Kier molecular flexibility index (Phi) is 3.77. The highest BCUT2D eigenvalue weighted by Crippen LogP contribution is 2.38. The van der Waals surface area contributed by atoms with Gasteiger partial charge in [-0.25, -0.2) is 13.1 Å². The van der Waals surface area contributed by atoms with Crippen LogP contribution in [0.15, 0.2) is 17.0 Å². The Hall–Kier alpha value is -1.56. The summed E-state index contributed by atoms with van der Waals surface area (Å²) in [6, 6.07) is 3.35. The van der Waals surface area contributed by atoms with Gasteiger partial charge < -0.3 is 4.74 Å². The van der Waals surface area contributed by atoms with Crippen LogP contribution in [0.2, 0.25) is 0 Å². The molecule has 1 aromatic rings. The minimum absolute atomic E-state index is 0.0131. The van der Waals surface area contributed by atoms with Crippen LogP contribution in [0.5, 0.6) is 5.75 Å². The third-order valence-electron chi connectivity index (χ3n) is 3.56. The van der Waals surface area contributed by atoms with Crippen molar-refractivity contribution < 1.29 is 17.9 Å². The number of aryl methyl sites for hydroxylation is 2. The van der Waals surface area contributed by atoms with Gasteiger partial charge >= 0.3 is 0 Å². The van der Waals surface area contributed by atoms with E-state index in [-0.39, 0.29) is 22.5 Å². The number of benzene rings is 1. The van der Waals surface area contributed by atoms with Gasteiger partial charge in [0.25, 0.3) is 10.0 Å². The number of carbonyl (C=O) groups excluding carboxylic acids is 1. The molecule has 0 spiro atoms. The molecule has 1 fully saturated rings. The Morgan fingerprint density at radius 1 is 1.35 bits per heavy atom. The van der Waals surface area contributed by atoms with Gasteiger partial charge in [-0.2, -0.15) is 0 Å². The summed E-state index contributed by atoms with van der Waals surface area (Å²) < 4.78 is 32.0. The summed E-state index contributed by atoms with van der Waals surface area (Å²) >= 11 is 0. The fourth-order valence-corrected chi connectivity index (χ4v) is 3.68. The van der Waals surface area contributed by atoms with Crippen LogP contribution in [0.1, 0.15) is 24.5 Å². The largest absolute Gasteiger partial charge is 0.495 e. The number of rotatable bonds is 4. The van der Waals surface area contributed by atoms with E-state index >= 15 is 0 Å². The minimum Gasteiger partial charge on any atom is -0.495 e. The monoisotopic (exact) mass is 297 g/mol. The van der Waals surface area contributed by atoms with Gasteiger partial charge in [0, 0.05) is 5.92 Å². The first-order chi connectivity index (χ1) is 9.26. The van der Waals surface area contributed by atoms with E-state index in [4.69, 9.17) is 4.74 Å². The van der Waals surface area contributed by atoms with Gasteiger partial charge in [-0.05, 0) is 43.4 Å². The standard InChI is InChI=1S/C14H19NO4S/c1-8-5-10(3)13(19-4)12(6-8)20(17,18)15-14(16)11-7-9(11)2/h5-6,9,11H,7H2,1-4H3,(H,15,16)/t9-,11-/m1/s1. The van der Waals surface area contributed by atoms with Crippen LogP contribution in [0.25, 0.3) is 0 Å². The van der Waals surface area contributed by atoms with Crippen molar-refractivity contribution in [2.24, 2.45) is 11.8 Å². The quantitative estimate of drug-likeness (QED) is 0.919. The van der Waals surface area contributed by atoms with Gasteiger partial charge in [0.15, 0.2) is 0 Å². The molecule has 0 heterocycles. The molecule has 0 unspecified atom stereocenters. The Bertz CT molecular complexity index is 651. The third-order valence-corrected chi connectivity index (χ3v) is 4.91. The number of methoxy groups -OCH3 is 1. The number of carbonyl (C=O) groups is 1. The van der Waals surface area contributed by atoms with Crippen LogP contribution in [0, 0.1) is 25.7 Å². The van der Waals surface area contributed by atoms with Crippen LogP contribution in [-0.2, 0) is 14.8 Å². The first kappa shape index (κ1) is 14.8. The van der Waals surface area contributed by atoms with Crippen LogP contribution < -0.4 is 9.46 Å². The lowest BCUT2D eigenvalue weighted by Gasteiger charge is -2.13. The SMILES string of the molecule is COc1c(C)cc(C)cc1S(=O)(=O)NC(=O)[C@@H]1C[C@H]1C. The number of sulfonamides is 1. The van der Waals surface area contributed by atoms with Crippen LogP contribution >= 0.6 is 0 Å². The number of hydrogen-bond acceptors (Lipinski definition) is 4. The smallest absolute Gasteiger partial charge is 0.267 e. The molecule has 1 saturated carbocycles. The van der Waals surface area contributed by atoms with E-state index in [1.807, 2.05) is 13.0 Å². The molecule has 0 saturated heterocycles. The van der Waals surface area contributed by atoms with Gasteiger partial charge in [0.05, 0.1) is 7.11 Å². The van der Waals surface area contributed by atoms with E-state index in [9.17, 15) is 13.2 Å². The fraction of sp³-hybridized carbons (Fsp3) is 0.500. The van der Waals surface area contributed by atoms with E-state index in [0.717, 1.165) is 17.5 Å². The summed E-state index contributed by atoms with van der Waals surface area (Å²) in [6.45, 7) is 5.50. The van der Waals surface area contributed by atoms with E-state index in [2.05, 4.69) is 4.72 Å². The highest BCUT2D eigenvalue weighted by molar-refractivity contribution is 7.90. The lowest BCUT2D eigenvalue weighted by molar-refractivity contribution is -0.120. The molecule has 0 aromatic heterocycles. The van der Waals surface area contributed by atoms with Crippen LogP contribution in [-0.4, -0.2) is 21.4 Å². The fourth-order valence-electron chi connectivity index (χ4n) is 2.33. The molecule has 0 aliphatic heterocycles. The van der Waals surface area contributed by atoms with Crippen molar-refractivity contribution in [1.29, 1.82) is 0 Å². The molecule has 2 rings (SSSR count). The lowest BCUT2D eigenvalue weighted by Crippen LogP contribution is -2.32. The van der Waals surface area contributed by atoms with Crippen LogP contribution in [0.4, 0.5) is 0 Å². The number of hydrogen-bond donors (Lipinski definition) is 1. The zero-order chi connectivity index (χ0) is 15.1. The summed E-state index contributed by atoms with van der Waals surface area (Å²) in [6.07, 6.45) is 0.741. The number of nitrogens with one attached hydrogen (secondary N) is 1. The van der Waals surface area contributed by atoms with Crippen molar-refractivity contribution in [3.8, 4) is 5.75 Å². The van der Waals surface area contributed by atoms with Gasteiger partial charge in [0.1, 0.15) is 10.6 Å². The van der Waals surface area contributed by atoms with Gasteiger partial charge in [-0.3, -0.25) is 4.79 Å². The molecular formula is C14H19NO4S. The normalized spacial score (nSPS) is 21.4. The van der Waals surface area contributed by atoms with Crippen molar-refractivity contribution in [2.75, 3.05) is 7.11 Å². The second-order valence-electron chi connectivity index (χ2n) is 5.40. The van der Waals surface area contributed by atoms with Crippen molar-refractivity contribution >= 4 is 15.9 Å². The second kappa shape index (κ2) is 5.09. The average molecular weight is 297 g/mol. The molecule has 110 valence electrons. The second-order valence-corrected chi connectivity index (χ2v) is 7.05. The van der Waals surface area contributed by atoms with E-state index < -0.39 is 15.9 Å². The summed E-state index contributed by atoms with van der Waals surface area (Å²) in [5.41, 5.74) is 1.52. The maximum atomic E-state index is 12.4. The molecule has 1 N–H and O–H groups in total. The summed E-state index contributed by atoms with van der Waals surface area (Å²) in [5, 5.41) is 0. The van der Waals surface area contributed by atoms with E-state index in [0.29, 0.717) is 0 Å². The van der Waals surface area contributed by atoms with E-state index in [1.165, 1.54) is 13.2 Å². The van der Waals surface area contributed by atoms with Gasteiger partial charge in [0.2, 0.25) is 5.91 Å². The molecule has 2 atom stereocenters. The Morgan fingerprint density at radius 3 is 2.45 bits per heavy atom. The molecule has 1 aliphatic carbocycles. The van der Waals surface area contributed by atoms with Gasteiger partial charge in [-0.15, -0.1) is 0 Å². The molecule has 1 aliphatic rings. The number of ether oxygens (including phenoxy) is 1. The van der Waals surface area contributed by atoms with Gasteiger partial charge in [-0.1, -0.05) is 13.0 Å². The van der Waals surface area contributed by atoms with Crippen molar-refractivity contribution in [3.05, 3.63) is 23.3 Å². The summed E-state index contributed by atoms with van der Waals surface area (Å²) in [5.74, 6) is -0.0912. The minimum atomic E-state index is -3.90. The zero-order valence-corrected chi connectivity index (χ0v) is 12.9. The highest BCUT2D eigenvalue weighted by Gasteiger charge is 2.41. The topological polar surface area (TPSA) is 72.5 Å². The predicted molar refractivity (Wildman–Crippen MR) is 75.1 cm³/mol. The molecule has 20 heavy (non-hydrogen) atoms. The highest BCUT2D eigenvalue weighted by atomic mass is 32.2. The Balaban J connectivity index is 2.36. The average Bonchev–Trinajstić information content (AvgIpc) is 3.05. The Morgan fingerprint density at radius 2 is 1.95 bits per heavy atom. The molecule has 6 heteroatoms. The van der Waals surface area contributed by atoms with Crippen molar-refractivity contribution in [1.82, 2.24) is 4.72 Å². The lowest BCUT2D eigenvalue weighted by atomic mass is 10.1. The predicted octanol–water partition coefficient (Wildman–Crippen LogP) is 1.77. The molecule has 0 bridgehead atoms. The maximum absolute atomic E-state index is 12.4. The molecule has 1 aromatic carbocycles. The molecule has 5 nitrogen and oxygen atoms in total. The maximum Gasteiger partial charge on any atom is 0.267 e. The zero-order valence-electron chi connectivity index (χ0n) is 12.1. The first-order valence-electron chi connectivity index (χ1n) is 6.48. The van der Waals surface area contributed by atoms with Crippen LogP contribution in [0.3, 0.4) is 0 Å². The molecular weight excluding hydrogens is 278 g/mol. The molecule has 1 amide bonds.